The molecule has 0 rings (SSSR count). The van der Waals surface area contributed by atoms with E-state index in [9.17, 15) is 14.4 Å². The number of carbonyl (C=O) groups excluding carboxylic acids is 3. The first-order valence-electron chi connectivity index (χ1n) is 30.4. The Bertz CT molecular complexity index is 1490. The fraction of sp³-hybridized carbons (Fsp3) is 0.687. The van der Waals surface area contributed by atoms with Crippen LogP contribution in [-0.4, -0.2) is 37.2 Å². The van der Waals surface area contributed by atoms with Crippen LogP contribution in [-0.2, 0) is 28.6 Å². The quantitative estimate of drug-likeness (QED) is 0.0261. The maximum absolute atomic E-state index is 12.9. The Morgan fingerprint density at radius 2 is 0.548 bits per heavy atom. The van der Waals surface area contributed by atoms with Crippen LogP contribution in [0.25, 0.3) is 0 Å². The number of hydrogen-bond acceptors (Lipinski definition) is 6. The van der Waals surface area contributed by atoms with Crippen LogP contribution in [0.15, 0.2) is 109 Å². The van der Waals surface area contributed by atoms with E-state index in [2.05, 4.69) is 130 Å². The van der Waals surface area contributed by atoms with E-state index in [1.54, 1.807) is 0 Å². The third-order valence-electron chi connectivity index (χ3n) is 12.7. The molecule has 0 fully saturated rings. The molecule has 0 radical (unpaired) electrons. The number of unbranched alkanes of at least 4 members (excludes halogenated alkanes) is 25. The molecule has 0 bridgehead atoms. The van der Waals surface area contributed by atoms with Crippen LogP contribution < -0.4 is 0 Å². The first kappa shape index (κ1) is 69.1. The molecular formula is C67H112O6. The molecule has 0 saturated heterocycles. The summed E-state index contributed by atoms with van der Waals surface area (Å²) in [6.07, 6.45) is 82.3. The van der Waals surface area contributed by atoms with Gasteiger partial charge in [0, 0.05) is 19.3 Å². The summed E-state index contributed by atoms with van der Waals surface area (Å²) < 4.78 is 16.8. The minimum absolute atomic E-state index is 0.106. The summed E-state index contributed by atoms with van der Waals surface area (Å²) >= 11 is 0. The lowest BCUT2D eigenvalue weighted by Gasteiger charge is -2.18. The number of ether oxygens (including phenoxy) is 3. The van der Waals surface area contributed by atoms with Crippen molar-refractivity contribution in [3.63, 3.8) is 0 Å². The van der Waals surface area contributed by atoms with E-state index in [0.29, 0.717) is 12.8 Å². The van der Waals surface area contributed by atoms with Gasteiger partial charge in [-0.1, -0.05) is 246 Å². The van der Waals surface area contributed by atoms with Crippen LogP contribution in [0.5, 0.6) is 0 Å². The lowest BCUT2D eigenvalue weighted by atomic mass is 10.0. The molecule has 0 saturated carbocycles. The van der Waals surface area contributed by atoms with Crippen molar-refractivity contribution in [2.45, 2.75) is 284 Å². The van der Waals surface area contributed by atoms with Gasteiger partial charge in [-0.15, -0.1) is 0 Å². The minimum Gasteiger partial charge on any atom is -0.462 e. The molecule has 6 heteroatoms. The van der Waals surface area contributed by atoms with Gasteiger partial charge in [0.2, 0.25) is 0 Å². The molecule has 6 nitrogen and oxygen atoms in total. The monoisotopic (exact) mass is 1010 g/mol. The molecule has 0 aromatic heterocycles. The zero-order chi connectivity index (χ0) is 52.9. The Morgan fingerprint density at radius 3 is 0.932 bits per heavy atom. The zero-order valence-electron chi connectivity index (χ0n) is 47.6. The van der Waals surface area contributed by atoms with Crippen LogP contribution in [0.4, 0.5) is 0 Å². The average Bonchev–Trinajstić information content (AvgIpc) is 3.39. The highest BCUT2D eigenvalue weighted by atomic mass is 16.6. The lowest BCUT2D eigenvalue weighted by molar-refractivity contribution is -0.167. The molecule has 416 valence electrons. The van der Waals surface area contributed by atoms with Gasteiger partial charge in [-0.2, -0.15) is 0 Å². The van der Waals surface area contributed by atoms with Gasteiger partial charge in [-0.3, -0.25) is 14.4 Å². The van der Waals surface area contributed by atoms with Crippen molar-refractivity contribution in [3.8, 4) is 0 Å². The van der Waals surface area contributed by atoms with E-state index < -0.39 is 6.10 Å². The number of carbonyl (C=O) groups is 3. The standard InChI is InChI=1S/C67H112O6/c1-4-7-10-13-16-19-22-25-28-31-32-33-34-37-39-42-45-48-51-54-57-60-66(69)72-63-64(73-67(70)61-58-55-52-49-46-43-40-36-30-27-24-21-18-15-12-9-6-3)62-71-65(68)59-56-53-50-47-44-41-38-35-29-26-23-20-17-14-11-8-5-2/h9,12,17-18,20-21,25-30,38,40-41,43,47,50,64H,4-8,10-11,13-16,19,22-24,31-37,39,42,44-46,48-49,51-63H2,1-3H3/b12-9-,20-17-,21-18-,28-25-,29-26-,30-27-,41-38-,43-40-,50-47-/t64-/m1/s1. The Hall–Kier alpha value is -3.93. The summed E-state index contributed by atoms with van der Waals surface area (Å²) in [5, 5.41) is 0. The van der Waals surface area contributed by atoms with Gasteiger partial charge in [-0.25, -0.2) is 0 Å². The van der Waals surface area contributed by atoms with Crippen molar-refractivity contribution in [3.05, 3.63) is 109 Å². The van der Waals surface area contributed by atoms with Gasteiger partial charge < -0.3 is 14.2 Å². The third kappa shape index (κ3) is 58.8. The molecule has 0 N–H and O–H groups in total. The van der Waals surface area contributed by atoms with Crippen molar-refractivity contribution in [2.75, 3.05) is 13.2 Å². The summed E-state index contributed by atoms with van der Waals surface area (Å²) in [5.74, 6) is -0.986. The SMILES string of the molecule is CC/C=C\C/C=C\C/C=C\C/C=C\CCCCCCC(=O)O[C@H](COC(=O)CCC/C=C\C/C=C\C/C=C\C/C=C\CCCCC)COC(=O)CCCCCCCCCCCCC/C=C\CCCCCCCC. The summed E-state index contributed by atoms with van der Waals surface area (Å²) in [6, 6.07) is 0. The van der Waals surface area contributed by atoms with Gasteiger partial charge >= 0.3 is 17.9 Å². The first-order valence-corrected chi connectivity index (χ1v) is 30.4. The Morgan fingerprint density at radius 1 is 0.288 bits per heavy atom. The van der Waals surface area contributed by atoms with Crippen LogP contribution in [0.3, 0.4) is 0 Å². The van der Waals surface area contributed by atoms with Crippen LogP contribution in [0.1, 0.15) is 278 Å². The number of esters is 3. The molecule has 1 atom stereocenters. The topological polar surface area (TPSA) is 78.9 Å². The predicted octanol–water partition coefficient (Wildman–Crippen LogP) is 20.7. The van der Waals surface area contributed by atoms with Crippen molar-refractivity contribution < 1.29 is 28.6 Å². The lowest BCUT2D eigenvalue weighted by Crippen LogP contribution is -2.30. The highest BCUT2D eigenvalue weighted by Crippen LogP contribution is 2.15. The molecule has 0 heterocycles. The number of hydrogen-bond donors (Lipinski definition) is 0. The normalized spacial score (nSPS) is 12.9. The minimum atomic E-state index is -0.816. The molecule has 0 amide bonds. The average molecular weight is 1010 g/mol. The molecule has 0 aliphatic rings. The predicted molar refractivity (Wildman–Crippen MR) is 316 cm³/mol. The van der Waals surface area contributed by atoms with E-state index in [0.717, 1.165) is 103 Å². The van der Waals surface area contributed by atoms with E-state index in [1.165, 1.54) is 128 Å². The molecule has 73 heavy (non-hydrogen) atoms. The molecule has 0 aliphatic heterocycles. The largest absolute Gasteiger partial charge is 0.462 e. The van der Waals surface area contributed by atoms with E-state index in [4.69, 9.17) is 14.2 Å². The van der Waals surface area contributed by atoms with Crippen molar-refractivity contribution in [1.29, 1.82) is 0 Å². The van der Waals surface area contributed by atoms with Crippen LogP contribution >= 0.6 is 0 Å². The molecule has 0 aliphatic carbocycles. The van der Waals surface area contributed by atoms with Crippen molar-refractivity contribution in [2.24, 2.45) is 0 Å². The second-order valence-corrected chi connectivity index (χ2v) is 19.9. The van der Waals surface area contributed by atoms with Crippen molar-refractivity contribution >= 4 is 17.9 Å². The summed E-state index contributed by atoms with van der Waals surface area (Å²) in [7, 11) is 0. The van der Waals surface area contributed by atoms with Gasteiger partial charge in [-0.05, 0) is 122 Å². The van der Waals surface area contributed by atoms with E-state index >= 15 is 0 Å². The highest BCUT2D eigenvalue weighted by Gasteiger charge is 2.19. The Kier molecular flexibility index (Phi) is 57.4. The maximum atomic E-state index is 12.9. The molecule has 0 aromatic rings. The smallest absolute Gasteiger partial charge is 0.306 e. The van der Waals surface area contributed by atoms with Gasteiger partial charge in [0.05, 0.1) is 0 Å². The molecule has 0 spiro atoms. The summed E-state index contributed by atoms with van der Waals surface area (Å²) in [6.45, 7) is 6.44. The fourth-order valence-corrected chi connectivity index (χ4v) is 8.19. The second kappa shape index (κ2) is 60.6. The first-order chi connectivity index (χ1) is 36.0. The fourth-order valence-electron chi connectivity index (χ4n) is 8.19. The third-order valence-corrected chi connectivity index (χ3v) is 12.7. The van der Waals surface area contributed by atoms with Crippen LogP contribution in [0, 0.1) is 0 Å². The summed E-state index contributed by atoms with van der Waals surface area (Å²) in [4.78, 5) is 38.2. The number of allylic oxidation sites excluding steroid dienone is 18. The zero-order valence-corrected chi connectivity index (χ0v) is 47.6. The molecule has 0 unspecified atom stereocenters. The van der Waals surface area contributed by atoms with Crippen molar-refractivity contribution in [1.82, 2.24) is 0 Å². The Balaban J connectivity index is 4.48. The van der Waals surface area contributed by atoms with E-state index in [-0.39, 0.29) is 44.0 Å². The van der Waals surface area contributed by atoms with Crippen LogP contribution in [0.2, 0.25) is 0 Å². The maximum Gasteiger partial charge on any atom is 0.306 e. The van der Waals surface area contributed by atoms with Gasteiger partial charge in [0.15, 0.2) is 6.10 Å². The van der Waals surface area contributed by atoms with Gasteiger partial charge in [0.1, 0.15) is 13.2 Å². The van der Waals surface area contributed by atoms with Gasteiger partial charge in [0.25, 0.3) is 0 Å². The second-order valence-electron chi connectivity index (χ2n) is 19.9. The molecule has 0 aromatic carbocycles. The number of rotatable bonds is 54. The summed E-state index contributed by atoms with van der Waals surface area (Å²) in [5.41, 5.74) is 0. The Labute approximate surface area is 450 Å². The highest BCUT2D eigenvalue weighted by molar-refractivity contribution is 5.71. The van der Waals surface area contributed by atoms with E-state index in [1.807, 2.05) is 0 Å². The molecular weight excluding hydrogens is 901 g/mol.